The van der Waals surface area contributed by atoms with Gasteiger partial charge in [0.1, 0.15) is 12.4 Å². The molecule has 1 unspecified atom stereocenters. The summed E-state index contributed by atoms with van der Waals surface area (Å²) in [6.45, 7) is 3.22. The fraction of sp³-hybridized carbons (Fsp3) is 0.333. The molecule has 2 aromatic carbocycles. The maximum atomic E-state index is 6.13. The molecule has 3 heteroatoms. The molecule has 0 fully saturated rings. The number of hydrogen-bond acceptors (Lipinski definition) is 3. The predicted octanol–water partition coefficient (Wildman–Crippen LogP) is 3.79. The number of rotatable bonds is 7. The van der Waals surface area contributed by atoms with Gasteiger partial charge >= 0.3 is 0 Å². The molecular formula is C18H23NO2. The summed E-state index contributed by atoms with van der Waals surface area (Å²) in [5.74, 6) is 0.872. The van der Waals surface area contributed by atoms with Crippen molar-refractivity contribution in [3.63, 3.8) is 0 Å². The molecule has 0 radical (unpaired) electrons. The van der Waals surface area contributed by atoms with Gasteiger partial charge in [0, 0.05) is 18.7 Å². The predicted molar refractivity (Wildman–Crippen MR) is 86.5 cm³/mol. The Morgan fingerprint density at radius 3 is 2.62 bits per heavy atom. The van der Waals surface area contributed by atoms with Crippen molar-refractivity contribution in [3.8, 4) is 16.9 Å². The van der Waals surface area contributed by atoms with Gasteiger partial charge in [-0.05, 0) is 29.7 Å². The third-order valence-electron chi connectivity index (χ3n) is 3.50. The highest BCUT2D eigenvalue weighted by atomic mass is 16.5. The zero-order valence-electron chi connectivity index (χ0n) is 12.7. The number of benzene rings is 2. The van der Waals surface area contributed by atoms with Crippen LogP contribution in [-0.2, 0) is 4.74 Å². The Labute approximate surface area is 126 Å². The quantitative estimate of drug-likeness (QED) is 0.787. The molecule has 0 bridgehead atoms. The van der Waals surface area contributed by atoms with Crippen LogP contribution in [0, 0.1) is 0 Å². The maximum absolute atomic E-state index is 6.13. The van der Waals surface area contributed by atoms with Crippen molar-refractivity contribution in [3.05, 3.63) is 54.1 Å². The van der Waals surface area contributed by atoms with E-state index in [9.17, 15) is 0 Å². The van der Waals surface area contributed by atoms with Crippen LogP contribution < -0.4 is 10.5 Å². The first kappa shape index (κ1) is 15.5. The van der Waals surface area contributed by atoms with E-state index in [1.165, 1.54) is 0 Å². The summed E-state index contributed by atoms with van der Waals surface area (Å²) in [6, 6.07) is 16.5. The summed E-state index contributed by atoms with van der Waals surface area (Å²) in [4.78, 5) is 0. The van der Waals surface area contributed by atoms with Crippen molar-refractivity contribution in [2.45, 2.75) is 19.4 Å². The molecule has 0 amide bonds. The lowest BCUT2D eigenvalue weighted by Gasteiger charge is -2.14. The van der Waals surface area contributed by atoms with Gasteiger partial charge in [0.15, 0.2) is 0 Å². The smallest absolute Gasteiger partial charge is 0.127 e. The molecule has 0 saturated heterocycles. The van der Waals surface area contributed by atoms with Gasteiger partial charge in [-0.15, -0.1) is 0 Å². The van der Waals surface area contributed by atoms with Crippen LogP contribution >= 0.6 is 0 Å². The maximum Gasteiger partial charge on any atom is 0.127 e. The SMILES string of the molecule is CCC(N)c1cccc(-c2ccccc2OCCOC)c1. The van der Waals surface area contributed by atoms with Crippen LogP contribution in [0.5, 0.6) is 5.75 Å². The molecule has 0 aliphatic carbocycles. The Bertz CT molecular complexity index is 569. The fourth-order valence-corrected chi connectivity index (χ4v) is 2.24. The summed E-state index contributed by atoms with van der Waals surface area (Å²) in [5.41, 5.74) is 9.50. The number of nitrogens with two attached hydrogens (primary N) is 1. The molecule has 0 spiro atoms. The van der Waals surface area contributed by atoms with Crippen LogP contribution in [0.1, 0.15) is 24.9 Å². The van der Waals surface area contributed by atoms with E-state index in [0.717, 1.165) is 28.9 Å². The summed E-state index contributed by atoms with van der Waals surface area (Å²) in [6.07, 6.45) is 0.926. The van der Waals surface area contributed by atoms with E-state index in [-0.39, 0.29) is 6.04 Å². The average Bonchev–Trinajstić information content (AvgIpc) is 2.55. The van der Waals surface area contributed by atoms with Gasteiger partial charge in [0.25, 0.3) is 0 Å². The minimum absolute atomic E-state index is 0.0755. The first-order valence-electron chi connectivity index (χ1n) is 7.33. The second kappa shape index (κ2) is 7.81. The van der Waals surface area contributed by atoms with Crippen LogP contribution in [-0.4, -0.2) is 20.3 Å². The lowest BCUT2D eigenvalue weighted by atomic mass is 9.98. The Kier molecular flexibility index (Phi) is 5.78. The summed E-state index contributed by atoms with van der Waals surface area (Å²) < 4.78 is 10.8. The molecule has 2 aromatic rings. The van der Waals surface area contributed by atoms with Crippen molar-refractivity contribution >= 4 is 0 Å². The van der Waals surface area contributed by atoms with Crippen molar-refractivity contribution in [1.29, 1.82) is 0 Å². The molecule has 0 heterocycles. The van der Waals surface area contributed by atoms with Gasteiger partial charge in [0.05, 0.1) is 6.61 Å². The van der Waals surface area contributed by atoms with Gasteiger partial charge < -0.3 is 15.2 Å². The third-order valence-corrected chi connectivity index (χ3v) is 3.50. The highest BCUT2D eigenvalue weighted by Crippen LogP contribution is 2.31. The highest BCUT2D eigenvalue weighted by Gasteiger charge is 2.09. The van der Waals surface area contributed by atoms with Crippen LogP contribution in [0.4, 0.5) is 0 Å². The zero-order chi connectivity index (χ0) is 15.1. The second-order valence-corrected chi connectivity index (χ2v) is 4.98. The fourth-order valence-electron chi connectivity index (χ4n) is 2.24. The van der Waals surface area contributed by atoms with Crippen LogP contribution in [0.25, 0.3) is 11.1 Å². The Morgan fingerprint density at radius 1 is 1.05 bits per heavy atom. The van der Waals surface area contributed by atoms with Crippen LogP contribution in [0.2, 0.25) is 0 Å². The Hall–Kier alpha value is -1.84. The molecule has 21 heavy (non-hydrogen) atoms. The minimum Gasteiger partial charge on any atom is -0.491 e. The molecule has 1 atom stereocenters. The number of hydrogen-bond donors (Lipinski definition) is 1. The van der Waals surface area contributed by atoms with Crippen LogP contribution in [0.15, 0.2) is 48.5 Å². The average molecular weight is 285 g/mol. The zero-order valence-corrected chi connectivity index (χ0v) is 12.7. The molecule has 3 nitrogen and oxygen atoms in total. The second-order valence-electron chi connectivity index (χ2n) is 4.98. The monoisotopic (exact) mass is 285 g/mol. The van der Waals surface area contributed by atoms with Crippen molar-refractivity contribution in [2.75, 3.05) is 20.3 Å². The van der Waals surface area contributed by atoms with Gasteiger partial charge in [-0.1, -0.05) is 43.3 Å². The lowest BCUT2D eigenvalue weighted by Crippen LogP contribution is -2.08. The highest BCUT2D eigenvalue weighted by molar-refractivity contribution is 5.71. The number of methoxy groups -OCH3 is 1. The lowest BCUT2D eigenvalue weighted by molar-refractivity contribution is 0.146. The van der Waals surface area contributed by atoms with E-state index < -0.39 is 0 Å². The standard InChI is InChI=1S/C18H23NO2/c1-3-17(19)15-8-6-7-14(13-15)16-9-4-5-10-18(16)21-12-11-20-2/h4-10,13,17H,3,11-12,19H2,1-2H3. The van der Waals surface area contributed by atoms with Crippen LogP contribution in [0.3, 0.4) is 0 Å². The molecule has 2 N–H and O–H groups in total. The number of para-hydroxylation sites is 1. The van der Waals surface area contributed by atoms with E-state index in [1.807, 2.05) is 24.3 Å². The summed E-state index contributed by atoms with van der Waals surface area (Å²) in [5, 5.41) is 0. The van der Waals surface area contributed by atoms with Gasteiger partial charge in [-0.25, -0.2) is 0 Å². The van der Waals surface area contributed by atoms with Crippen molar-refractivity contribution in [2.24, 2.45) is 5.73 Å². The van der Waals surface area contributed by atoms with E-state index in [1.54, 1.807) is 7.11 Å². The van der Waals surface area contributed by atoms with E-state index in [4.69, 9.17) is 15.2 Å². The third kappa shape index (κ3) is 4.06. The van der Waals surface area contributed by atoms with Gasteiger partial charge in [-0.2, -0.15) is 0 Å². The first-order chi connectivity index (χ1) is 10.3. The van der Waals surface area contributed by atoms with Crippen molar-refractivity contribution in [1.82, 2.24) is 0 Å². The Morgan fingerprint density at radius 2 is 1.86 bits per heavy atom. The van der Waals surface area contributed by atoms with E-state index in [2.05, 4.69) is 31.2 Å². The summed E-state index contributed by atoms with van der Waals surface area (Å²) >= 11 is 0. The Balaban J connectivity index is 2.29. The molecule has 0 aliphatic heterocycles. The molecule has 0 saturated carbocycles. The molecule has 2 rings (SSSR count). The van der Waals surface area contributed by atoms with Gasteiger partial charge in [-0.3, -0.25) is 0 Å². The number of ether oxygens (including phenoxy) is 2. The summed E-state index contributed by atoms with van der Waals surface area (Å²) in [7, 11) is 1.67. The van der Waals surface area contributed by atoms with Crippen molar-refractivity contribution < 1.29 is 9.47 Å². The topological polar surface area (TPSA) is 44.5 Å². The largest absolute Gasteiger partial charge is 0.491 e. The molecule has 0 aliphatic rings. The molecule has 0 aromatic heterocycles. The normalized spacial score (nSPS) is 12.1. The van der Waals surface area contributed by atoms with E-state index >= 15 is 0 Å². The molecule has 112 valence electrons. The first-order valence-corrected chi connectivity index (χ1v) is 7.33. The molecular weight excluding hydrogens is 262 g/mol. The minimum atomic E-state index is 0.0755. The van der Waals surface area contributed by atoms with E-state index in [0.29, 0.717) is 13.2 Å². The van der Waals surface area contributed by atoms with Gasteiger partial charge in [0.2, 0.25) is 0 Å².